The lowest BCUT2D eigenvalue weighted by molar-refractivity contribution is -0.134. The van der Waals surface area contributed by atoms with Crippen LogP contribution >= 0.6 is 0 Å². The zero-order valence-electron chi connectivity index (χ0n) is 8.43. The smallest absolute Gasteiger partial charge is 0.300 e. The number of carbonyl (C=O) groups is 1. The predicted octanol–water partition coefficient (Wildman–Crippen LogP) is 0.456. The summed E-state index contributed by atoms with van der Waals surface area (Å²) in [4.78, 5) is 16.9. The number of hydrogen-bond donors (Lipinski definition) is 2. The monoisotopic (exact) mass is 198 g/mol. The molecule has 0 fully saturated rings. The lowest BCUT2D eigenvalue weighted by Crippen LogP contribution is -2.20. The Morgan fingerprint density at radius 2 is 1.86 bits per heavy atom. The fourth-order valence-electron chi connectivity index (χ4n) is 0.557. The molecule has 0 aliphatic rings. The van der Waals surface area contributed by atoms with E-state index >= 15 is 0 Å². The SMILES string of the molecule is CC(=O)O.CN(C)Nc1ncccn1. The molecule has 0 aliphatic carbocycles. The van der Waals surface area contributed by atoms with Crippen LogP contribution in [-0.2, 0) is 4.79 Å². The van der Waals surface area contributed by atoms with Crippen LogP contribution in [0.3, 0.4) is 0 Å². The summed E-state index contributed by atoms with van der Waals surface area (Å²) < 4.78 is 0. The van der Waals surface area contributed by atoms with E-state index in [1.807, 2.05) is 14.1 Å². The summed E-state index contributed by atoms with van der Waals surface area (Å²) in [7, 11) is 3.77. The molecule has 0 bridgehead atoms. The number of anilines is 1. The summed E-state index contributed by atoms with van der Waals surface area (Å²) >= 11 is 0. The van der Waals surface area contributed by atoms with Crippen LogP contribution in [-0.4, -0.2) is 40.1 Å². The van der Waals surface area contributed by atoms with Crippen molar-refractivity contribution in [2.75, 3.05) is 19.5 Å². The van der Waals surface area contributed by atoms with Crippen LogP contribution < -0.4 is 5.43 Å². The second-order valence-corrected chi connectivity index (χ2v) is 2.60. The van der Waals surface area contributed by atoms with Crippen molar-refractivity contribution in [1.29, 1.82) is 0 Å². The van der Waals surface area contributed by atoms with Gasteiger partial charge in [0, 0.05) is 33.4 Å². The van der Waals surface area contributed by atoms with E-state index in [9.17, 15) is 0 Å². The van der Waals surface area contributed by atoms with Gasteiger partial charge >= 0.3 is 0 Å². The topological polar surface area (TPSA) is 78.4 Å². The maximum Gasteiger partial charge on any atom is 0.300 e. The minimum absolute atomic E-state index is 0.618. The molecule has 0 amide bonds. The number of rotatable bonds is 2. The number of carboxylic acid groups (broad SMARTS) is 1. The van der Waals surface area contributed by atoms with Crippen LogP contribution in [0.4, 0.5) is 5.95 Å². The fraction of sp³-hybridized carbons (Fsp3) is 0.375. The molecule has 2 N–H and O–H groups in total. The highest BCUT2D eigenvalue weighted by Gasteiger charge is 1.90. The van der Waals surface area contributed by atoms with Gasteiger partial charge in [-0.1, -0.05) is 0 Å². The molecular formula is C8H14N4O2. The lowest BCUT2D eigenvalue weighted by Gasteiger charge is -2.09. The molecule has 78 valence electrons. The van der Waals surface area contributed by atoms with Crippen molar-refractivity contribution in [3.63, 3.8) is 0 Å². The van der Waals surface area contributed by atoms with Crippen molar-refractivity contribution in [2.45, 2.75) is 6.92 Å². The van der Waals surface area contributed by atoms with Gasteiger partial charge in [-0.05, 0) is 6.07 Å². The zero-order valence-corrected chi connectivity index (χ0v) is 8.43. The van der Waals surface area contributed by atoms with E-state index < -0.39 is 5.97 Å². The fourth-order valence-corrected chi connectivity index (χ4v) is 0.557. The maximum atomic E-state index is 9.00. The second-order valence-electron chi connectivity index (χ2n) is 2.60. The van der Waals surface area contributed by atoms with Crippen molar-refractivity contribution in [2.24, 2.45) is 0 Å². The Labute approximate surface area is 82.6 Å². The largest absolute Gasteiger partial charge is 0.481 e. The van der Waals surface area contributed by atoms with E-state index in [0.29, 0.717) is 5.95 Å². The quantitative estimate of drug-likeness (QED) is 0.672. The number of aromatic nitrogens is 2. The standard InChI is InChI=1S/C6H10N4.C2H4O2/c1-10(2)9-6-7-4-3-5-8-6;1-2(3)4/h3-5H,1-2H3,(H,7,8,9);1H3,(H,3,4). The number of nitrogens with one attached hydrogen (secondary N) is 1. The highest BCUT2D eigenvalue weighted by molar-refractivity contribution is 5.62. The highest BCUT2D eigenvalue weighted by atomic mass is 16.4. The van der Waals surface area contributed by atoms with Gasteiger partial charge in [-0.25, -0.2) is 15.0 Å². The van der Waals surface area contributed by atoms with E-state index in [0.717, 1.165) is 6.92 Å². The third-order valence-electron chi connectivity index (χ3n) is 0.889. The number of hydrogen-bond acceptors (Lipinski definition) is 5. The molecule has 0 aromatic carbocycles. The van der Waals surface area contributed by atoms with Gasteiger partial charge in [0.2, 0.25) is 5.95 Å². The zero-order chi connectivity index (χ0) is 11.0. The predicted molar refractivity (Wildman–Crippen MR) is 52.7 cm³/mol. The number of aliphatic carboxylic acids is 1. The van der Waals surface area contributed by atoms with Crippen molar-refractivity contribution in [3.05, 3.63) is 18.5 Å². The Balaban J connectivity index is 0.000000364. The minimum atomic E-state index is -0.833. The van der Waals surface area contributed by atoms with Gasteiger partial charge in [0.1, 0.15) is 0 Å². The molecule has 0 saturated carbocycles. The molecule has 0 spiro atoms. The van der Waals surface area contributed by atoms with Crippen LogP contribution in [0.1, 0.15) is 6.92 Å². The Morgan fingerprint density at radius 3 is 2.21 bits per heavy atom. The van der Waals surface area contributed by atoms with Crippen LogP contribution in [0.15, 0.2) is 18.5 Å². The van der Waals surface area contributed by atoms with Gasteiger partial charge in [0.05, 0.1) is 0 Å². The van der Waals surface area contributed by atoms with E-state index in [4.69, 9.17) is 9.90 Å². The van der Waals surface area contributed by atoms with Crippen LogP contribution in [0.2, 0.25) is 0 Å². The van der Waals surface area contributed by atoms with Gasteiger partial charge in [-0.3, -0.25) is 10.2 Å². The Bertz CT molecular complexity index is 259. The summed E-state index contributed by atoms with van der Waals surface area (Å²) in [5.41, 5.74) is 2.92. The summed E-state index contributed by atoms with van der Waals surface area (Å²) in [5.74, 6) is -0.215. The van der Waals surface area contributed by atoms with Gasteiger partial charge in [-0.15, -0.1) is 0 Å². The van der Waals surface area contributed by atoms with Crippen LogP contribution in [0.25, 0.3) is 0 Å². The number of carboxylic acids is 1. The first-order valence-electron chi connectivity index (χ1n) is 3.93. The van der Waals surface area contributed by atoms with Crippen molar-refractivity contribution < 1.29 is 9.90 Å². The lowest BCUT2D eigenvalue weighted by atomic mass is 10.7. The van der Waals surface area contributed by atoms with Gasteiger partial charge in [-0.2, -0.15) is 0 Å². The molecule has 1 aromatic rings. The molecule has 6 heteroatoms. The Morgan fingerprint density at radius 1 is 1.43 bits per heavy atom. The first-order valence-corrected chi connectivity index (χ1v) is 3.93. The third kappa shape index (κ3) is 8.41. The van der Waals surface area contributed by atoms with Crippen molar-refractivity contribution in [3.8, 4) is 0 Å². The van der Waals surface area contributed by atoms with Crippen LogP contribution in [0.5, 0.6) is 0 Å². The molecule has 0 atom stereocenters. The van der Waals surface area contributed by atoms with Gasteiger partial charge in [0.15, 0.2) is 0 Å². The summed E-state index contributed by atoms with van der Waals surface area (Å²) in [6, 6.07) is 1.78. The first-order chi connectivity index (χ1) is 6.52. The Hall–Kier alpha value is -1.69. The molecular weight excluding hydrogens is 184 g/mol. The second kappa shape index (κ2) is 6.79. The van der Waals surface area contributed by atoms with Crippen molar-refractivity contribution >= 4 is 11.9 Å². The molecule has 1 heterocycles. The molecule has 0 saturated heterocycles. The Kier molecular flexibility index (Phi) is 5.97. The highest BCUT2D eigenvalue weighted by Crippen LogP contribution is 1.92. The first kappa shape index (κ1) is 12.3. The van der Waals surface area contributed by atoms with Crippen molar-refractivity contribution in [1.82, 2.24) is 15.0 Å². The minimum Gasteiger partial charge on any atom is -0.481 e. The molecule has 0 unspecified atom stereocenters. The average Bonchev–Trinajstić information content (AvgIpc) is 2.03. The van der Waals surface area contributed by atoms with E-state index in [-0.39, 0.29) is 0 Å². The number of nitrogens with zero attached hydrogens (tertiary/aromatic N) is 3. The average molecular weight is 198 g/mol. The number of hydrazine groups is 1. The third-order valence-corrected chi connectivity index (χ3v) is 0.889. The van der Waals surface area contributed by atoms with Gasteiger partial charge < -0.3 is 5.11 Å². The maximum absolute atomic E-state index is 9.00. The van der Waals surface area contributed by atoms with E-state index in [2.05, 4.69) is 15.4 Å². The molecule has 0 radical (unpaired) electrons. The summed E-state index contributed by atoms with van der Waals surface area (Å²) in [5, 5.41) is 9.20. The van der Waals surface area contributed by atoms with Gasteiger partial charge in [0.25, 0.3) is 5.97 Å². The molecule has 14 heavy (non-hydrogen) atoms. The molecule has 1 aromatic heterocycles. The molecule has 1 rings (SSSR count). The summed E-state index contributed by atoms with van der Waals surface area (Å²) in [6.07, 6.45) is 3.39. The van der Waals surface area contributed by atoms with E-state index in [1.54, 1.807) is 23.5 Å². The van der Waals surface area contributed by atoms with E-state index in [1.165, 1.54) is 0 Å². The van der Waals surface area contributed by atoms with Crippen LogP contribution in [0, 0.1) is 0 Å². The summed E-state index contributed by atoms with van der Waals surface area (Å²) in [6.45, 7) is 1.08. The normalized spacial score (nSPS) is 8.86. The molecule has 0 aliphatic heterocycles. The molecule has 6 nitrogen and oxygen atoms in total.